The molecule has 112 valence electrons. The van der Waals surface area contributed by atoms with E-state index in [1.54, 1.807) is 29.4 Å². The fourth-order valence-electron chi connectivity index (χ4n) is 2.25. The highest BCUT2D eigenvalue weighted by Crippen LogP contribution is 2.13. The maximum atomic E-state index is 12.2. The summed E-state index contributed by atoms with van der Waals surface area (Å²) in [5.41, 5.74) is 0.641. The van der Waals surface area contributed by atoms with Crippen molar-refractivity contribution in [2.24, 2.45) is 0 Å². The molecule has 1 aliphatic rings. The van der Waals surface area contributed by atoms with Gasteiger partial charge in [-0.1, -0.05) is 12.7 Å². The zero-order chi connectivity index (χ0) is 15.1. The van der Waals surface area contributed by atoms with Gasteiger partial charge in [0, 0.05) is 37.1 Å². The van der Waals surface area contributed by atoms with Crippen LogP contribution < -0.4 is 5.32 Å². The van der Waals surface area contributed by atoms with Gasteiger partial charge in [0.1, 0.15) is 6.61 Å². The van der Waals surface area contributed by atoms with E-state index in [9.17, 15) is 9.59 Å². The molecular formula is C15H19N3O3. The Morgan fingerprint density at radius 2 is 2.05 bits per heavy atom. The first-order valence-corrected chi connectivity index (χ1v) is 6.94. The Bertz CT molecular complexity index is 496. The number of nitrogens with one attached hydrogen (secondary N) is 1. The lowest BCUT2D eigenvalue weighted by Gasteiger charge is -2.32. The molecule has 6 heteroatoms. The molecule has 1 aromatic heterocycles. The maximum absolute atomic E-state index is 12.2. The average Bonchev–Trinajstić information content (AvgIpc) is 2.54. The van der Waals surface area contributed by atoms with Crippen LogP contribution in [-0.2, 0) is 4.74 Å². The highest BCUT2D eigenvalue weighted by atomic mass is 16.5. The molecule has 0 saturated carbocycles. The fourth-order valence-corrected chi connectivity index (χ4v) is 2.25. The first-order chi connectivity index (χ1) is 10.2. The molecule has 0 atom stereocenters. The SMILES string of the molecule is C=CCOC(=O)NC1CCN(C(=O)c2ccncc2)CC1. The van der Waals surface area contributed by atoms with Gasteiger partial charge in [0.05, 0.1) is 0 Å². The van der Waals surface area contributed by atoms with Gasteiger partial charge >= 0.3 is 6.09 Å². The number of carbonyl (C=O) groups excluding carboxylic acids is 2. The summed E-state index contributed by atoms with van der Waals surface area (Å²) in [4.78, 5) is 29.4. The molecule has 0 aromatic carbocycles. The summed E-state index contributed by atoms with van der Waals surface area (Å²) in [6, 6.07) is 3.46. The van der Waals surface area contributed by atoms with E-state index in [1.807, 2.05) is 0 Å². The third kappa shape index (κ3) is 4.30. The van der Waals surface area contributed by atoms with Crippen LogP contribution in [0.1, 0.15) is 23.2 Å². The average molecular weight is 289 g/mol. The second-order valence-corrected chi connectivity index (χ2v) is 4.83. The number of ether oxygens (including phenoxy) is 1. The lowest BCUT2D eigenvalue weighted by Crippen LogP contribution is -2.46. The number of aromatic nitrogens is 1. The monoisotopic (exact) mass is 289 g/mol. The number of amides is 2. The quantitative estimate of drug-likeness (QED) is 0.855. The predicted molar refractivity (Wildman–Crippen MR) is 77.8 cm³/mol. The summed E-state index contributed by atoms with van der Waals surface area (Å²) in [5, 5.41) is 2.80. The van der Waals surface area contributed by atoms with Crippen LogP contribution in [0, 0.1) is 0 Å². The smallest absolute Gasteiger partial charge is 0.407 e. The molecule has 6 nitrogen and oxygen atoms in total. The molecule has 21 heavy (non-hydrogen) atoms. The standard InChI is InChI=1S/C15H19N3O3/c1-2-11-21-15(20)17-13-5-9-18(10-6-13)14(19)12-3-7-16-8-4-12/h2-4,7-8,13H,1,5-6,9-11H2,(H,17,20). The van der Waals surface area contributed by atoms with Gasteiger partial charge in [-0.15, -0.1) is 0 Å². The molecule has 0 aliphatic carbocycles. The molecule has 2 amide bonds. The van der Waals surface area contributed by atoms with E-state index in [-0.39, 0.29) is 18.6 Å². The Kier molecular flexibility index (Phi) is 5.31. The predicted octanol–water partition coefficient (Wildman–Crippen LogP) is 1.60. The summed E-state index contributed by atoms with van der Waals surface area (Å²) >= 11 is 0. The maximum Gasteiger partial charge on any atom is 0.407 e. The van der Waals surface area contributed by atoms with E-state index in [0.29, 0.717) is 18.7 Å². The molecular weight excluding hydrogens is 270 g/mol. The van der Waals surface area contributed by atoms with Gasteiger partial charge in [0.15, 0.2) is 0 Å². The van der Waals surface area contributed by atoms with E-state index >= 15 is 0 Å². The van der Waals surface area contributed by atoms with E-state index in [0.717, 1.165) is 12.8 Å². The van der Waals surface area contributed by atoms with Crippen LogP contribution in [0.15, 0.2) is 37.2 Å². The van der Waals surface area contributed by atoms with Crippen LogP contribution in [0.5, 0.6) is 0 Å². The minimum absolute atomic E-state index is 0.00471. The minimum Gasteiger partial charge on any atom is -0.445 e. The summed E-state index contributed by atoms with van der Waals surface area (Å²) in [6.45, 7) is 4.92. The van der Waals surface area contributed by atoms with E-state index in [4.69, 9.17) is 4.74 Å². The van der Waals surface area contributed by atoms with E-state index in [2.05, 4.69) is 16.9 Å². The Balaban J connectivity index is 1.79. The summed E-state index contributed by atoms with van der Waals surface area (Å²) in [7, 11) is 0. The van der Waals surface area contributed by atoms with Gasteiger partial charge in [0.2, 0.25) is 0 Å². The lowest BCUT2D eigenvalue weighted by atomic mass is 10.0. The van der Waals surface area contributed by atoms with Crippen LogP contribution in [0.25, 0.3) is 0 Å². The number of nitrogens with zero attached hydrogens (tertiary/aromatic N) is 2. The Labute approximate surface area is 123 Å². The summed E-state index contributed by atoms with van der Waals surface area (Å²) in [5.74, 6) is 0.00471. The number of piperidine rings is 1. The summed E-state index contributed by atoms with van der Waals surface area (Å²) < 4.78 is 4.88. The lowest BCUT2D eigenvalue weighted by molar-refractivity contribution is 0.0703. The van der Waals surface area contributed by atoms with Gasteiger partial charge in [-0.3, -0.25) is 9.78 Å². The van der Waals surface area contributed by atoms with Crippen LogP contribution in [-0.4, -0.2) is 47.6 Å². The van der Waals surface area contributed by atoms with Gasteiger partial charge < -0.3 is 15.0 Å². The number of pyridine rings is 1. The number of hydrogen-bond acceptors (Lipinski definition) is 4. The van der Waals surface area contributed by atoms with Crippen molar-refractivity contribution in [2.45, 2.75) is 18.9 Å². The van der Waals surface area contributed by atoms with Crippen molar-refractivity contribution < 1.29 is 14.3 Å². The fraction of sp³-hybridized carbons (Fsp3) is 0.400. The molecule has 1 aromatic rings. The van der Waals surface area contributed by atoms with Crippen molar-refractivity contribution >= 4 is 12.0 Å². The first kappa shape index (κ1) is 15.0. The third-order valence-corrected chi connectivity index (χ3v) is 3.36. The van der Waals surface area contributed by atoms with Gasteiger partial charge in [0.25, 0.3) is 5.91 Å². The van der Waals surface area contributed by atoms with E-state index in [1.165, 1.54) is 6.08 Å². The van der Waals surface area contributed by atoms with Crippen molar-refractivity contribution in [2.75, 3.05) is 19.7 Å². The summed E-state index contributed by atoms with van der Waals surface area (Å²) in [6.07, 6.45) is 5.75. The number of likely N-dealkylation sites (tertiary alicyclic amines) is 1. The number of alkyl carbamates (subject to hydrolysis) is 1. The second-order valence-electron chi connectivity index (χ2n) is 4.83. The zero-order valence-electron chi connectivity index (χ0n) is 11.8. The van der Waals surface area contributed by atoms with Crippen LogP contribution in [0.4, 0.5) is 4.79 Å². The van der Waals surface area contributed by atoms with Crippen molar-refractivity contribution in [3.05, 3.63) is 42.7 Å². The Hall–Kier alpha value is -2.37. The molecule has 1 fully saturated rings. The molecule has 0 radical (unpaired) electrons. The van der Waals surface area contributed by atoms with Gasteiger partial charge in [-0.2, -0.15) is 0 Å². The Morgan fingerprint density at radius 1 is 1.38 bits per heavy atom. The van der Waals surface area contributed by atoms with Gasteiger partial charge in [-0.05, 0) is 25.0 Å². The van der Waals surface area contributed by atoms with Crippen LogP contribution in [0.3, 0.4) is 0 Å². The highest BCUT2D eigenvalue weighted by Gasteiger charge is 2.24. The van der Waals surface area contributed by atoms with Crippen LogP contribution in [0.2, 0.25) is 0 Å². The molecule has 1 saturated heterocycles. The molecule has 0 bridgehead atoms. The number of carbonyl (C=O) groups is 2. The topological polar surface area (TPSA) is 71.5 Å². The molecule has 1 aliphatic heterocycles. The van der Waals surface area contributed by atoms with Gasteiger partial charge in [-0.25, -0.2) is 4.79 Å². The largest absolute Gasteiger partial charge is 0.445 e. The molecule has 2 heterocycles. The normalized spacial score (nSPS) is 15.3. The minimum atomic E-state index is -0.436. The van der Waals surface area contributed by atoms with Crippen LogP contribution >= 0.6 is 0 Å². The third-order valence-electron chi connectivity index (χ3n) is 3.36. The molecule has 1 N–H and O–H groups in total. The van der Waals surface area contributed by atoms with Crippen molar-refractivity contribution in [1.29, 1.82) is 0 Å². The van der Waals surface area contributed by atoms with Crippen molar-refractivity contribution in [3.63, 3.8) is 0 Å². The van der Waals surface area contributed by atoms with Crippen molar-refractivity contribution in [3.8, 4) is 0 Å². The molecule has 0 spiro atoms. The molecule has 0 unspecified atom stereocenters. The number of rotatable bonds is 4. The molecule has 2 rings (SSSR count). The number of hydrogen-bond donors (Lipinski definition) is 1. The van der Waals surface area contributed by atoms with E-state index < -0.39 is 6.09 Å². The highest BCUT2D eigenvalue weighted by molar-refractivity contribution is 5.94. The van der Waals surface area contributed by atoms with Crippen molar-refractivity contribution in [1.82, 2.24) is 15.2 Å². The second kappa shape index (κ2) is 7.42. The first-order valence-electron chi connectivity index (χ1n) is 6.94. The zero-order valence-corrected chi connectivity index (χ0v) is 11.8. The Morgan fingerprint density at radius 3 is 2.67 bits per heavy atom.